The van der Waals surface area contributed by atoms with Gasteiger partial charge in [0.25, 0.3) is 0 Å². The van der Waals surface area contributed by atoms with E-state index in [4.69, 9.17) is 0 Å². The quantitative estimate of drug-likeness (QED) is 0.595. The lowest BCUT2D eigenvalue weighted by Gasteiger charge is -1.99. The Bertz CT molecular complexity index is 493. The zero-order chi connectivity index (χ0) is 10.1. The summed E-state index contributed by atoms with van der Waals surface area (Å²) in [5.74, 6) is -0.329. The molecule has 0 spiro atoms. The highest BCUT2D eigenvalue weighted by atomic mass is 127. The number of carbonyl (C=O) groups excluding carboxylic acids is 1. The fourth-order valence-corrected chi connectivity index (χ4v) is 1.72. The van der Waals surface area contributed by atoms with Gasteiger partial charge in [0.15, 0.2) is 0 Å². The van der Waals surface area contributed by atoms with Gasteiger partial charge < -0.3 is 4.74 Å². The molecule has 0 fully saturated rings. The molecule has 0 aromatic carbocycles. The number of nitrogens with zero attached hydrogens (tertiary/aromatic N) is 2. The van der Waals surface area contributed by atoms with Gasteiger partial charge in [-0.15, -0.1) is 0 Å². The maximum Gasteiger partial charge on any atom is 0.337 e. The van der Waals surface area contributed by atoms with Crippen LogP contribution in [0.1, 0.15) is 10.4 Å². The van der Waals surface area contributed by atoms with E-state index >= 15 is 0 Å². The summed E-state index contributed by atoms with van der Waals surface area (Å²) < 4.78 is 7.35. The van der Waals surface area contributed by atoms with Crippen LogP contribution in [-0.2, 0) is 4.74 Å². The van der Waals surface area contributed by atoms with E-state index in [1.165, 1.54) is 7.11 Å². The van der Waals surface area contributed by atoms with E-state index in [2.05, 4.69) is 32.4 Å². The van der Waals surface area contributed by atoms with Crippen molar-refractivity contribution in [2.75, 3.05) is 7.11 Å². The van der Waals surface area contributed by atoms with E-state index in [-0.39, 0.29) is 5.97 Å². The molecule has 2 aromatic heterocycles. The van der Waals surface area contributed by atoms with Crippen LogP contribution in [0.25, 0.3) is 5.52 Å². The van der Waals surface area contributed by atoms with Gasteiger partial charge in [0.2, 0.25) is 0 Å². The third-order valence-corrected chi connectivity index (χ3v) is 2.73. The Labute approximate surface area is 94.0 Å². The zero-order valence-electron chi connectivity index (χ0n) is 7.40. The molecule has 0 aliphatic carbocycles. The molecule has 0 saturated heterocycles. The number of fused-ring (bicyclic) bond motifs is 1. The van der Waals surface area contributed by atoms with Crippen molar-refractivity contribution in [2.24, 2.45) is 0 Å². The van der Waals surface area contributed by atoms with Crippen LogP contribution in [0.2, 0.25) is 0 Å². The molecular formula is C9H7IN2O2. The van der Waals surface area contributed by atoms with Gasteiger partial charge in [-0.05, 0) is 34.7 Å². The molecule has 2 rings (SSSR count). The van der Waals surface area contributed by atoms with Gasteiger partial charge in [-0.1, -0.05) is 0 Å². The zero-order valence-corrected chi connectivity index (χ0v) is 9.56. The number of esters is 1. The number of rotatable bonds is 1. The number of ether oxygens (including phenoxy) is 1. The second-order valence-electron chi connectivity index (χ2n) is 2.73. The van der Waals surface area contributed by atoms with Crippen molar-refractivity contribution < 1.29 is 9.53 Å². The van der Waals surface area contributed by atoms with E-state index in [0.29, 0.717) is 5.56 Å². The number of methoxy groups -OCH3 is 1. The fraction of sp³-hybridized carbons (Fsp3) is 0.111. The lowest BCUT2D eigenvalue weighted by Crippen LogP contribution is -2.02. The smallest absolute Gasteiger partial charge is 0.337 e. The summed E-state index contributed by atoms with van der Waals surface area (Å²) in [7, 11) is 1.37. The predicted molar refractivity (Wildman–Crippen MR) is 59.2 cm³/mol. The highest BCUT2D eigenvalue weighted by Crippen LogP contribution is 2.14. The van der Waals surface area contributed by atoms with Crippen LogP contribution >= 0.6 is 22.6 Å². The first kappa shape index (κ1) is 9.45. The molecule has 5 heteroatoms. The molecule has 0 aliphatic rings. The Hall–Kier alpha value is -1.11. The molecule has 2 aromatic rings. The summed E-state index contributed by atoms with van der Waals surface area (Å²) in [6.07, 6.45) is 3.49. The van der Waals surface area contributed by atoms with Crippen molar-refractivity contribution in [3.63, 3.8) is 0 Å². The summed E-state index contributed by atoms with van der Waals surface area (Å²) in [4.78, 5) is 11.2. The minimum Gasteiger partial charge on any atom is -0.465 e. The van der Waals surface area contributed by atoms with Crippen molar-refractivity contribution in [3.8, 4) is 0 Å². The topological polar surface area (TPSA) is 43.6 Å². The van der Waals surface area contributed by atoms with E-state index in [9.17, 15) is 4.79 Å². The normalized spacial score (nSPS) is 10.4. The Morgan fingerprint density at radius 3 is 3.14 bits per heavy atom. The summed E-state index contributed by atoms with van der Waals surface area (Å²) in [6, 6.07) is 3.45. The third kappa shape index (κ3) is 1.47. The summed E-state index contributed by atoms with van der Waals surface area (Å²) in [5, 5.41) is 4.10. The maximum atomic E-state index is 11.2. The van der Waals surface area contributed by atoms with Gasteiger partial charge in [-0.3, -0.25) is 0 Å². The number of hydrogen-bond donors (Lipinski definition) is 0. The standard InChI is InChI=1S/C9H7IN2O2/c1-14-9(13)6-2-3-12-8(4-6)7(10)5-11-12/h2-5H,1H3. The van der Waals surface area contributed by atoms with Crippen molar-refractivity contribution in [1.29, 1.82) is 0 Å². The molecule has 0 atom stereocenters. The Morgan fingerprint density at radius 1 is 1.64 bits per heavy atom. The minimum absolute atomic E-state index is 0.329. The van der Waals surface area contributed by atoms with Crippen LogP contribution in [-0.4, -0.2) is 22.7 Å². The summed E-state index contributed by atoms with van der Waals surface area (Å²) in [6.45, 7) is 0. The molecule has 0 unspecified atom stereocenters. The van der Waals surface area contributed by atoms with Gasteiger partial charge >= 0.3 is 5.97 Å². The van der Waals surface area contributed by atoms with Gasteiger partial charge in [0, 0.05) is 6.20 Å². The Balaban J connectivity index is 2.60. The number of hydrogen-bond acceptors (Lipinski definition) is 3. The van der Waals surface area contributed by atoms with E-state index in [1.54, 1.807) is 29.0 Å². The fourth-order valence-electron chi connectivity index (χ4n) is 1.20. The molecule has 72 valence electrons. The lowest BCUT2D eigenvalue weighted by atomic mass is 10.2. The van der Waals surface area contributed by atoms with Crippen molar-refractivity contribution >= 4 is 34.1 Å². The average molecular weight is 302 g/mol. The molecule has 14 heavy (non-hydrogen) atoms. The van der Waals surface area contributed by atoms with Crippen LogP contribution in [0.4, 0.5) is 0 Å². The summed E-state index contributed by atoms with van der Waals surface area (Å²) in [5.41, 5.74) is 1.45. The first-order valence-electron chi connectivity index (χ1n) is 3.93. The van der Waals surface area contributed by atoms with Gasteiger partial charge in [0.1, 0.15) is 0 Å². The molecule has 4 nitrogen and oxygen atoms in total. The molecule has 0 bridgehead atoms. The molecule has 0 radical (unpaired) electrons. The summed E-state index contributed by atoms with van der Waals surface area (Å²) >= 11 is 2.17. The molecule has 0 aliphatic heterocycles. The van der Waals surface area contributed by atoms with Gasteiger partial charge in [0.05, 0.1) is 28.0 Å². The number of aromatic nitrogens is 2. The van der Waals surface area contributed by atoms with Crippen LogP contribution in [0.15, 0.2) is 24.5 Å². The highest BCUT2D eigenvalue weighted by molar-refractivity contribution is 14.1. The number of halogens is 1. The molecule has 0 amide bonds. The molecule has 0 N–H and O–H groups in total. The van der Waals surface area contributed by atoms with E-state index in [0.717, 1.165) is 9.09 Å². The maximum absolute atomic E-state index is 11.2. The van der Waals surface area contributed by atoms with Gasteiger partial charge in [-0.25, -0.2) is 9.31 Å². The van der Waals surface area contributed by atoms with Crippen LogP contribution < -0.4 is 0 Å². The van der Waals surface area contributed by atoms with Gasteiger partial charge in [-0.2, -0.15) is 5.10 Å². The predicted octanol–water partition coefficient (Wildman–Crippen LogP) is 1.73. The minimum atomic E-state index is -0.329. The van der Waals surface area contributed by atoms with E-state index < -0.39 is 0 Å². The van der Waals surface area contributed by atoms with Crippen molar-refractivity contribution in [3.05, 3.63) is 33.7 Å². The van der Waals surface area contributed by atoms with E-state index in [1.807, 2.05) is 0 Å². The van der Waals surface area contributed by atoms with Crippen molar-refractivity contribution in [1.82, 2.24) is 9.61 Å². The average Bonchev–Trinajstić information content (AvgIpc) is 2.59. The third-order valence-electron chi connectivity index (χ3n) is 1.90. The highest BCUT2D eigenvalue weighted by Gasteiger charge is 2.07. The lowest BCUT2D eigenvalue weighted by molar-refractivity contribution is 0.0600. The van der Waals surface area contributed by atoms with Crippen LogP contribution in [0.5, 0.6) is 0 Å². The first-order valence-corrected chi connectivity index (χ1v) is 5.01. The SMILES string of the molecule is COC(=O)c1ccn2ncc(I)c2c1. The largest absolute Gasteiger partial charge is 0.465 e. The molecular weight excluding hydrogens is 295 g/mol. The second-order valence-corrected chi connectivity index (χ2v) is 3.89. The molecule has 2 heterocycles. The van der Waals surface area contributed by atoms with Crippen molar-refractivity contribution in [2.45, 2.75) is 0 Å². The van der Waals surface area contributed by atoms with Crippen LogP contribution in [0.3, 0.4) is 0 Å². The molecule has 0 saturated carbocycles. The second kappa shape index (κ2) is 3.56. The Kier molecular flexibility index (Phi) is 2.40. The van der Waals surface area contributed by atoms with Crippen LogP contribution in [0, 0.1) is 3.57 Å². The Morgan fingerprint density at radius 2 is 2.43 bits per heavy atom. The number of pyridine rings is 1. The number of carbonyl (C=O) groups is 1. The first-order chi connectivity index (χ1) is 6.72. The monoisotopic (exact) mass is 302 g/mol.